The number of fused-ring (bicyclic) bond motifs is 1. The van der Waals surface area contributed by atoms with Crippen LogP contribution in [0.2, 0.25) is 0 Å². The number of halogens is 7. The molecule has 1 aliphatic rings. The molecule has 5 rings (SSSR count). The number of benzene rings is 3. The normalized spacial score (nSPS) is 15.4. The van der Waals surface area contributed by atoms with Crippen molar-refractivity contribution in [3.05, 3.63) is 100 Å². The van der Waals surface area contributed by atoms with Crippen LogP contribution in [0.1, 0.15) is 16.4 Å². The number of nitrogens with one attached hydrogen (secondary N) is 1. The fourth-order valence-electron chi connectivity index (χ4n) is 3.87. The van der Waals surface area contributed by atoms with Gasteiger partial charge in [0.2, 0.25) is 11.7 Å². The van der Waals surface area contributed by atoms with Crippen molar-refractivity contribution in [1.82, 2.24) is 9.78 Å². The molecule has 36 heavy (non-hydrogen) atoms. The van der Waals surface area contributed by atoms with E-state index in [-0.39, 0.29) is 28.4 Å². The average molecular weight is 523 g/mol. The second-order valence-corrected chi connectivity index (χ2v) is 8.83. The number of amides is 1. The maximum Gasteiger partial charge on any atom is 0.235 e. The number of nitrogens with zero attached hydrogens (tertiary/aromatic N) is 2. The minimum Gasteiger partial charge on any atom is -0.310 e. The highest BCUT2D eigenvalue weighted by Crippen LogP contribution is 2.47. The van der Waals surface area contributed by atoms with Crippen LogP contribution in [0.3, 0.4) is 0 Å². The third-order valence-corrected chi connectivity index (χ3v) is 6.78. The smallest absolute Gasteiger partial charge is 0.235 e. The summed E-state index contributed by atoms with van der Waals surface area (Å²) in [7, 11) is 0. The van der Waals surface area contributed by atoms with Crippen LogP contribution in [-0.2, 0) is 4.79 Å². The van der Waals surface area contributed by atoms with Crippen molar-refractivity contribution in [1.29, 1.82) is 0 Å². The molecule has 0 saturated carbocycles. The molecule has 1 aliphatic heterocycles. The molecule has 0 spiro atoms. The number of thioether (sulfide) groups is 1. The molecule has 4 nitrogen and oxygen atoms in total. The molecular weight excluding hydrogens is 511 g/mol. The Morgan fingerprint density at radius 1 is 0.778 bits per heavy atom. The highest BCUT2D eigenvalue weighted by molar-refractivity contribution is 8.00. The van der Waals surface area contributed by atoms with Crippen molar-refractivity contribution >= 4 is 23.5 Å². The number of aromatic nitrogens is 2. The second kappa shape index (κ2) is 9.01. The zero-order valence-corrected chi connectivity index (χ0v) is 18.6. The third-order valence-electron chi connectivity index (χ3n) is 5.51. The summed E-state index contributed by atoms with van der Waals surface area (Å²) in [4.78, 5) is 12.5. The summed E-state index contributed by atoms with van der Waals surface area (Å²) in [5.41, 5.74) is -0.564. The number of rotatable bonds is 3. The average Bonchev–Trinajstić information content (AvgIpc) is 3.11. The maximum absolute atomic E-state index is 14.8. The highest BCUT2D eigenvalue weighted by atomic mass is 32.2. The topological polar surface area (TPSA) is 46.9 Å². The van der Waals surface area contributed by atoms with E-state index in [1.54, 1.807) is 0 Å². The number of hydrogen-bond donors (Lipinski definition) is 1. The first-order valence-electron chi connectivity index (χ1n) is 10.2. The summed E-state index contributed by atoms with van der Waals surface area (Å²) in [5, 5.41) is 5.77. The summed E-state index contributed by atoms with van der Waals surface area (Å²) in [5.74, 6) is -13.3. The van der Waals surface area contributed by atoms with Gasteiger partial charge in [-0.3, -0.25) is 4.79 Å². The molecule has 0 aliphatic carbocycles. The Bertz CT molecular complexity index is 1480. The lowest BCUT2D eigenvalue weighted by molar-refractivity contribution is -0.113. The molecule has 1 N–H and O–H groups in total. The quantitative estimate of drug-likeness (QED) is 0.195. The Kier molecular flexibility index (Phi) is 5.99. The predicted octanol–water partition coefficient (Wildman–Crippen LogP) is 6.29. The Labute approximate surface area is 202 Å². The fourth-order valence-corrected chi connectivity index (χ4v) is 5.00. The molecule has 1 unspecified atom stereocenters. The van der Waals surface area contributed by atoms with Gasteiger partial charge < -0.3 is 5.32 Å². The van der Waals surface area contributed by atoms with Gasteiger partial charge in [-0.1, -0.05) is 12.1 Å². The monoisotopic (exact) mass is 523 g/mol. The predicted molar refractivity (Wildman–Crippen MR) is 118 cm³/mol. The SMILES string of the molecule is O=C1CSC(c2ccc(F)cc2)c2c(-c3ccc(F)cc3)nn(-c3c(F)c(F)c(F)c(F)c3F)c2N1. The Balaban J connectivity index is 1.86. The van der Waals surface area contributed by atoms with E-state index in [2.05, 4.69) is 10.4 Å². The van der Waals surface area contributed by atoms with Gasteiger partial charge in [-0.2, -0.15) is 5.10 Å². The van der Waals surface area contributed by atoms with Crippen molar-refractivity contribution in [3.63, 3.8) is 0 Å². The van der Waals surface area contributed by atoms with Crippen LogP contribution in [0.4, 0.5) is 36.6 Å². The van der Waals surface area contributed by atoms with Gasteiger partial charge in [-0.15, -0.1) is 11.8 Å². The van der Waals surface area contributed by atoms with Crippen LogP contribution in [-0.4, -0.2) is 21.4 Å². The van der Waals surface area contributed by atoms with E-state index in [9.17, 15) is 35.5 Å². The highest BCUT2D eigenvalue weighted by Gasteiger charge is 2.36. The lowest BCUT2D eigenvalue weighted by Gasteiger charge is -2.16. The molecule has 3 aromatic carbocycles. The fraction of sp³-hybridized carbons (Fsp3) is 0.0833. The molecule has 4 aromatic rings. The van der Waals surface area contributed by atoms with E-state index in [0.29, 0.717) is 10.2 Å². The summed E-state index contributed by atoms with van der Waals surface area (Å²) in [6, 6.07) is 9.99. The molecule has 0 radical (unpaired) electrons. The molecule has 12 heteroatoms. The van der Waals surface area contributed by atoms with Crippen LogP contribution < -0.4 is 5.32 Å². The van der Waals surface area contributed by atoms with E-state index < -0.39 is 57.6 Å². The van der Waals surface area contributed by atoms with Crippen LogP contribution in [0.5, 0.6) is 0 Å². The molecule has 0 bridgehead atoms. The Morgan fingerprint density at radius 3 is 1.89 bits per heavy atom. The minimum atomic E-state index is -2.35. The number of anilines is 1. The van der Waals surface area contributed by atoms with Crippen LogP contribution in [0.15, 0.2) is 48.5 Å². The van der Waals surface area contributed by atoms with Gasteiger partial charge in [0.15, 0.2) is 23.3 Å². The van der Waals surface area contributed by atoms with Crippen molar-refractivity contribution in [2.75, 3.05) is 11.1 Å². The molecule has 1 aromatic heterocycles. The lowest BCUT2D eigenvalue weighted by atomic mass is 10.00. The van der Waals surface area contributed by atoms with Gasteiger partial charge in [0.05, 0.1) is 16.7 Å². The molecular formula is C24H12F7N3OS. The third kappa shape index (κ3) is 3.91. The van der Waals surface area contributed by atoms with Gasteiger partial charge in [0, 0.05) is 11.1 Å². The van der Waals surface area contributed by atoms with Crippen LogP contribution in [0, 0.1) is 40.7 Å². The van der Waals surface area contributed by atoms with Crippen molar-refractivity contribution in [2.24, 2.45) is 0 Å². The van der Waals surface area contributed by atoms with Gasteiger partial charge in [0.25, 0.3) is 0 Å². The standard InChI is InChI=1S/C24H12F7N3OS/c25-12-5-1-10(2-6-12)21-15-23(11-3-7-13(26)8-4-11)36-9-14(35)32-24(15)34(33-21)22-19(30)17(28)16(27)18(29)20(22)31/h1-8,23H,9H2,(H,32,35). The van der Waals surface area contributed by atoms with Gasteiger partial charge in [-0.25, -0.2) is 35.4 Å². The lowest BCUT2D eigenvalue weighted by Crippen LogP contribution is -2.18. The Hall–Kier alpha value is -3.80. The van der Waals surface area contributed by atoms with E-state index in [4.69, 9.17) is 0 Å². The largest absolute Gasteiger partial charge is 0.310 e. The van der Waals surface area contributed by atoms with Gasteiger partial charge in [0.1, 0.15) is 23.1 Å². The second-order valence-electron chi connectivity index (χ2n) is 7.74. The maximum atomic E-state index is 14.8. The summed E-state index contributed by atoms with van der Waals surface area (Å²) >= 11 is 1.07. The zero-order chi connectivity index (χ0) is 25.7. The van der Waals surface area contributed by atoms with Crippen LogP contribution >= 0.6 is 11.8 Å². The van der Waals surface area contributed by atoms with E-state index >= 15 is 0 Å². The minimum absolute atomic E-state index is 0.0158. The molecule has 0 saturated heterocycles. The first-order valence-corrected chi connectivity index (χ1v) is 11.3. The molecule has 184 valence electrons. The Morgan fingerprint density at radius 2 is 1.31 bits per heavy atom. The van der Waals surface area contributed by atoms with Crippen molar-refractivity contribution < 1.29 is 35.5 Å². The van der Waals surface area contributed by atoms with Gasteiger partial charge >= 0.3 is 0 Å². The molecule has 0 fully saturated rings. The van der Waals surface area contributed by atoms with Crippen LogP contribution in [0.25, 0.3) is 16.9 Å². The first-order chi connectivity index (χ1) is 17.2. The number of carbonyl (C=O) groups is 1. The summed E-state index contributed by atoms with van der Waals surface area (Å²) in [6.07, 6.45) is 0. The van der Waals surface area contributed by atoms with E-state index in [0.717, 1.165) is 23.9 Å². The first kappa shape index (κ1) is 23.9. The number of hydrogen-bond acceptors (Lipinski definition) is 3. The van der Waals surface area contributed by atoms with Crippen molar-refractivity contribution in [2.45, 2.75) is 5.25 Å². The zero-order valence-electron chi connectivity index (χ0n) is 17.8. The molecule has 1 amide bonds. The molecule has 2 heterocycles. The van der Waals surface area contributed by atoms with E-state index in [1.807, 2.05) is 0 Å². The number of carbonyl (C=O) groups excluding carboxylic acids is 1. The summed E-state index contributed by atoms with van der Waals surface area (Å²) in [6.45, 7) is 0. The molecule has 1 atom stereocenters. The van der Waals surface area contributed by atoms with E-state index in [1.165, 1.54) is 36.4 Å². The summed E-state index contributed by atoms with van der Waals surface area (Å²) < 4.78 is 99.0. The van der Waals surface area contributed by atoms with Gasteiger partial charge in [-0.05, 0) is 42.0 Å². The van der Waals surface area contributed by atoms with Crippen molar-refractivity contribution in [3.8, 4) is 16.9 Å².